The Morgan fingerprint density at radius 3 is 1.50 bits per heavy atom. The van der Waals surface area contributed by atoms with Crippen molar-refractivity contribution in [3.8, 4) is 0 Å². The maximum absolute atomic E-state index is 9.08. The van der Waals surface area contributed by atoms with E-state index in [9.17, 15) is 0 Å². The molecule has 0 bridgehead atoms. The van der Waals surface area contributed by atoms with Crippen LogP contribution in [0.25, 0.3) is 0 Å². The Balaban J connectivity index is 3.51. The summed E-state index contributed by atoms with van der Waals surface area (Å²) < 4.78 is 18.2. The molecule has 1 unspecified atom stereocenters. The van der Waals surface area contributed by atoms with Crippen molar-refractivity contribution in [2.75, 3.05) is 0 Å². The molecule has 4 heavy (non-hydrogen) atoms. The summed E-state index contributed by atoms with van der Waals surface area (Å²) in [5.74, 6) is 0. The molecule has 0 aliphatic rings. The van der Waals surface area contributed by atoms with Crippen molar-refractivity contribution in [2.45, 2.75) is 0 Å². The first kappa shape index (κ1) is 4.59. The van der Waals surface area contributed by atoms with Crippen molar-refractivity contribution in [2.24, 2.45) is 0 Å². The van der Waals surface area contributed by atoms with Crippen molar-refractivity contribution < 1.29 is 7.48 Å². The molecule has 24 valence electrons. The topological polar surface area (TPSA) is 34.1 Å². The van der Waals surface area contributed by atoms with E-state index in [2.05, 4.69) is 0 Å². The fourth-order valence-electron chi connectivity index (χ4n) is 0. The predicted octanol–water partition coefficient (Wildman–Crippen LogP) is -0.293. The van der Waals surface area contributed by atoms with Gasteiger partial charge in [-0.3, -0.25) is 0 Å². The van der Waals surface area contributed by atoms with Crippen molar-refractivity contribution >= 4 is 21.9 Å². The minimum atomic E-state index is -2.77. The monoisotopic (exact) mass is 140 g/mol. The van der Waals surface area contributed by atoms with Gasteiger partial charge in [-0.2, -0.15) is 0 Å². The molecule has 0 aromatic rings. The molecule has 0 saturated heterocycles. The van der Waals surface area contributed by atoms with Crippen LogP contribution in [-0.2, 0) is 7.48 Å². The van der Waals surface area contributed by atoms with E-state index in [0.717, 1.165) is 0 Å². The van der Waals surface area contributed by atoms with Crippen LogP contribution in [0, 0.1) is 0 Å². The molecule has 2 nitrogen and oxygen atoms in total. The zero-order chi connectivity index (χ0) is 3.58. The van der Waals surface area contributed by atoms with Crippen LogP contribution in [0.5, 0.6) is 0 Å². The average Bonchev–Trinajstić information content (AvgIpc) is 0.811. The van der Waals surface area contributed by atoms with Gasteiger partial charge in [-0.05, 0) is 0 Å². The van der Waals surface area contributed by atoms with E-state index in [1.807, 2.05) is 0 Å². The van der Waals surface area contributed by atoms with Crippen LogP contribution in [0.1, 0.15) is 0 Å². The second-order valence-electron chi connectivity index (χ2n) is 0.285. The molecule has 4 heteroatoms. The van der Waals surface area contributed by atoms with Crippen molar-refractivity contribution in [1.82, 2.24) is 0 Å². The van der Waals surface area contributed by atoms with E-state index in [-0.39, 0.29) is 0 Å². The predicted molar refractivity (Wildman–Crippen MR) is 16.8 cm³/mol. The SMILES string of the molecule is O=[As](=O)P. The maximum atomic E-state index is 9.08. The second-order valence-corrected chi connectivity index (χ2v) is 3.67. The normalized spacial score (nSPS) is 6.25. The van der Waals surface area contributed by atoms with Crippen LogP contribution < -0.4 is 0 Å². The summed E-state index contributed by atoms with van der Waals surface area (Å²) in [6, 6.07) is 0. The Bertz CT molecular complexity index is 54.4. The molecule has 0 amide bonds. The van der Waals surface area contributed by atoms with Gasteiger partial charge < -0.3 is 0 Å². The van der Waals surface area contributed by atoms with Gasteiger partial charge in [0.25, 0.3) is 0 Å². The molecule has 0 radical (unpaired) electrons. The molecule has 0 N–H and O–H groups in total. The van der Waals surface area contributed by atoms with Crippen molar-refractivity contribution in [3.05, 3.63) is 0 Å². The summed E-state index contributed by atoms with van der Waals surface area (Å²) in [5.41, 5.74) is 0. The van der Waals surface area contributed by atoms with Gasteiger partial charge in [0.1, 0.15) is 0 Å². The summed E-state index contributed by atoms with van der Waals surface area (Å²) in [5, 5.41) is 0. The number of hydrogen-bond acceptors (Lipinski definition) is 2. The van der Waals surface area contributed by atoms with E-state index in [1.165, 1.54) is 0 Å². The Kier molecular flexibility index (Phi) is 2.14. The van der Waals surface area contributed by atoms with Gasteiger partial charge >= 0.3 is 29.4 Å². The van der Waals surface area contributed by atoms with Crippen LogP contribution >= 0.6 is 7.80 Å². The van der Waals surface area contributed by atoms with E-state index < -0.39 is 14.1 Å². The fourth-order valence-corrected chi connectivity index (χ4v) is 0. The Morgan fingerprint density at radius 2 is 1.50 bits per heavy atom. The Labute approximate surface area is 30.1 Å². The van der Waals surface area contributed by atoms with Gasteiger partial charge in [0.2, 0.25) is 0 Å². The molecular weight excluding hydrogens is 138 g/mol. The van der Waals surface area contributed by atoms with Crippen LogP contribution in [0.3, 0.4) is 0 Å². The van der Waals surface area contributed by atoms with Gasteiger partial charge in [-0.1, -0.05) is 0 Å². The minimum absolute atomic E-state index is 1.69. The molecule has 0 aromatic heterocycles. The van der Waals surface area contributed by atoms with Crippen LogP contribution in [-0.4, -0.2) is 14.1 Å². The quantitative estimate of drug-likeness (QED) is 0.342. The zero-order valence-corrected chi connectivity index (χ0v) is 4.87. The number of rotatable bonds is 0. The molecule has 0 heterocycles. The zero-order valence-electron chi connectivity index (χ0n) is 1.84. The van der Waals surface area contributed by atoms with E-state index >= 15 is 0 Å². The molecule has 0 fully saturated rings. The van der Waals surface area contributed by atoms with E-state index in [4.69, 9.17) is 7.48 Å². The second kappa shape index (κ2) is 1.87. The molecule has 0 spiro atoms. The third kappa shape index (κ3) is 18.9. The molecule has 1 atom stereocenters. The van der Waals surface area contributed by atoms with Gasteiger partial charge in [0, 0.05) is 0 Å². The summed E-state index contributed by atoms with van der Waals surface area (Å²) in [6.07, 6.45) is 0. The molecular formula is H2AsO2P. The van der Waals surface area contributed by atoms with Gasteiger partial charge in [0.15, 0.2) is 0 Å². The van der Waals surface area contributed by atoms with Gasteiger partial charge in [-0.15, -0.1) is 0 Å². The van der Waals surface area contributed by atoms with Crippen LogP contribution in [0.15, 0.2) is 0 Å². The molecule has 0 saturated carbocycles. The summed E-state index contributed by atoms with van der Waals surface area (Å²) >= 11 is -2.77. The molecule has 0 rings (SSSR count). The Hall–Kier alpha value is 0.588. The van der Waals surface area contributed by atoms with Crippen molar-refractivity contribution in [1.29, 1.82) is 0 Å². The third-order valence-corrected chi connectivity index (χ3v) is 0. The van der Waals surface area contributed by atoms with Crippen LogP contribution in [0.4, 0.5) is 0 Å². The molecule has 0 aliphatic carbocycles. The van der Waals surface area contributed by atoms with Crippen LogP contribution in [0.2, 0.25) is 0 Å². The first-order valence-corrected chi connectivity index (χ1v) is 5.92. The first-order valence-electron chi connectivity index (χ1n) is 0.623. The number of hydrogen-bond donors (Lipinski definition) is 0. The Morgan fingerprint density at radius 1 is 1.50 bits per heavy atom. The van der Waals surface area contributed by atoms with E-state index in [1.54, 1.807) is 7.80 Å². The van der Waals surface area contributed by atoms with Crippen molar-refractivity contribution in [3.63, 3.8) is 0 Å². The van der Waals surface area contributed by atoms with Gasteiger partial charge in [-0.25, -0.2) is 0 Å². The first-order chi connectivity index (χ1) is 1.73. The van der Waals surface area contributed by atoms with E-state index in [0.29, 0.717) is 0 Å². The molecule has 0 aromatic carbocycles. The standard InChI is InChI=1S/AsH2O2P/c2-1(3)4/h4H2. The summed E-state index contributed by atoms with van der Waals surface area (Å²) in [4.78, 5) is 0. The van der Waals surface area contributed by atoms with Gasteiger partial charge in [0.05, 0.1) is 0 Å². The fraction of sp³-hybridized carbons (Fsp3) is 0. The third-order valence-electron chi connectivity index (χ3n) is 0. The summed E-state index contributed by atoms with van der Waals surface area (Å²) in [6.45, 7) is 0. The summed E-state index contributed by atoms with van der Waals surface area (Å²) in [7, 11) is 1.69. The molecule has 0 aliphatic heterocycles. The average molecular weight is 140 g/mol.